The van der Waals surface area contributed by atoms with Crippen molar-refractivity contribution in [3.63, 3.8) is 0 Å². The molecule has 108 valence electrons. The van der Waals surface area contributed by atoms with Crippen LogP contribution in [0.5, 0.6) is 5.75 Å². The van der Waals surface area contributed by atoms with Crippen LogP contribution >= 0.6 is 0 Å². The van der Waals surface area contributed by atoms with Crippen LogP contribution in [0.3, 0.4) is 0 Å². The number of carbonyl (C=O) groups is 2. The Morgan fingerprint density at radius 2 is 2.05 bits per heavy atom. The molecule has 0 radical (unpaired) electrons. The van der Waals surface area contributed by atoms with E-state index in [0.29, 0.717) is 12.2 Å². The Kier molecular flexibility index (Phi) is 4.61. The summed E-state index contributed by atoms with van der Waals surface area (Å²) in [6, 6.07) is 7.56. The summed E-state index contributed by atoms with van der Waals surface area (Å²) < 4.78 is 15.4. The van der Waals surface area contributed by atoms with Gasteiger partial charge < -0.3 is 14.2 Å². The predicted molar refractivity (Wildman–Crippen MR) is 71.3 cm³/mol. The lowest BCUT2D eigenvalue weighted by molar-refractivity contribution is -0.161. The third-order valence-electron chi connectivity index (χ3n) is 3.00. The lowest BCUT2D eigenvalue weighted by Gasteiger charge is -2.09. The van der Waals surface area contributed by atoms with Gasteiger partial charge in [0.1, 0.15) is 11.9 Å². The van der Waals surface area contributed by atoms with Crippen LogP contribution in [-0.4, -0.2) is 30.8 Å². The highest BCUT2D eigenvalue weighted by Gasteiger charge is 2.34. The summed E-state index contributed by atoms with van der Waals surface area (Å²) in [5, 5.41) is 0. The van der Waals surface area contributed by atoms with E-state index in [4.69, 9.17) is 14.2 Å². The average Bonchev–Trinajstić information content (AvgIpc) is 2.70. The van der Waals surface area contributed by atoms with Gasteiger partial charge in [-0.05, 0) is 26.0 Å². The van der Waals surface area contributed by atoms with Crippen LogP contribution in [0.2, 0.25) is 0 Å². The van der Waals surface area contributed by atoms with Crippen molar-refractivity contribution in [1.82, 2.24) is 0 Å². The number of rotatable bonds is 5. The number of hydrogen-bond acceptors (Lipinski definition) is 5. The molecule has 2 rings (SSSR count). The van der Waals surface area contributed by atoms with E-state index in [2.05, 4.69) is 0 Å². The zero-order valence-electron chi connectivity index (χ0n) is 11.6. The summed E-state index contributed by atoms with van der Waals surface area (Å²) in [6.07, 6.45) is -0.434. The summed E-state index contributed by atoms with van der Waals surface area (Å²) in [4.78, 5) is 22.9. The molecule has 0 N–H and O–H groups in total. The predicted octanol–water partition coefficient (Wildman–Crippen LogP) is 2.01. The number of esters is 2. The molecule has 2 unspecified atom stereocenters. The fraction of sp³-hybridized carbons (Fsp3) is 0.467. The van der Waals surface area contributed by atoms with E-state index in [1.54, 1.807) is 6.92 Å². The summed E-state index contributed by atoms with van der Waals surface area (Å²) in [5.74, 6) is -0.212. The minimum absolute atomic E-state index is 0.103. The summed E-state index contributed by atoms with van der Waals surface area (Å²) >= 11 is 0. The first-order chi connectivity index (χ1) is 9.54. The molecule has 2 atom stereocenters. The maximum absolute atomic E-state index is 11.6. The quantitative estimate of drug-likeness (QED) is 0.771. The number of ether oxygens (including phenoxy) is 3. The molecule has 1 fully saturated rings. The molecule has 5 heteroatoms. The molecule has 1 aromatic rings. The number of aryl methyl sites for hydroxylation is 1. The van der Waals surface area contributed by atoms with Gasteiger partial charge in [0.15, 0.2) is 0 Å². The number of benzene rings is 1. The van der Waals surface area contributed by atoms with Crippen molar-refractivity contribution in [2.75, 3.05) is 6.61 Å². The molecule has 0 aliphatic carbocycles. The minimum atomic E-state index is -0.767. The second-order valence-electron chi connectivity index (χ2n) is 4.87. The first-order valence-corrected chi connectivity index (χ1v) is 6.64. The van der Waals surface area contributed by atoms with Gasteiger partial charge >= 0.3 is 11.9 Å². The zero-order chi connectivity index (χ0) is 14.5. The highest BCUT2D eigenvalue weighted by atomic mass is 16.6. The highest BCUT2D eigenvalue weighted by molar-refractivity contribution is 5.81. The van der Waals surface area contributed by atoms with E-state index in [1.807, 2.05) is 31.2 Å². The van der Waals surface area contributed by atoms with Gasteiger partial charge in [-0.3, -0.25) is 4.79 Å². The summed E-state index contributed by atoms with van der Waals surface area (Å²) in [5.41, 5.74) is 1.14. The Labute approximate surface area is 117 Å². The van der Waals surface area contributed by atoms with E-state index in [-0.39, 0.29) is 19.1 Å². The SMILES string of the molecule is Cc1ccc(OCCC(=O)OC2CC(C)OC2=O)cc1. The topological polar surface area (TPSA) is 61.8 Å². The molecule has 1 aliphatic heterocycles. The molecular formula is C15H18O5. The van der Waals surface area contributed by atoms with Gasteiger partial charge in [0.2, 0.25) is 6.10 Å². The fourth-order valence-electron chi connectivity index (χ4n) is 1.92. The average molecular weight is 278 g/mol. The van der Waals surface area contributed by atoms with Crippen molar-refractivity contribution in [2.24, 2.45) is 0 Å². The monoisotopic (exact) mass is 278 g/mol. The van der Waals surface area contributed by atoms with Crippen molar-refractivity contribution in [1.29, 1.82) is 0 Å². The summed E-state index contributed by atoms with van der Waals surface area (Å²) in [7, 11) is 0. The standard InChI is InChI=1S/C15H18O5/c1-10-3-5-12(6-4-10)18-8-7-14(16)20-13-9-11(2)19-15(13)17/h3-6,11,13H,7-9H2,1-2H3. The Hall–Kier alpha value is -2.04. The number of cyclic esters (lactones) is 1. The van der Waals surface area contributed by atoms with E-state index >= 15 is 0 Å². The van der Waals surface area contributed by atoms with Crippen molar-refractivity contribution in [3.05, 3.63) is 29.8 Å². The molecule has 1 saturated heterocycles. The van der Waals surface area contributed by atoms with Gasteiger partial charge in [0.05, 0.1) is 13.0 Å². The summed E-state index contributed by atoms with van der Waals surface area (Å²) in [6.45, 7) is 3.98. The van der Waals surface area contributed by atoms with E-state index in [0.717, 1.165) is 5.56 Å². The number of hydrogen-bond donors (Lipinski definition) is 0. The minimum Gasteiger partial charge on any atom is -0.493 e. The Morgan fingerprint density at radius 3 is 2.65 bits per heavy atom. The molecular weight excluding hydrogens is 260 g/mol. The molecule has 0 spiro atoms. The maximum Gasteiger partial charge on any atom is 0.347 e. The van der Waals surface area contributed by atoms with E-state index in [1.165, 1.54) is 0 Å². The highest BCUT2D eigenvalue weighted by Crippen LogP contribution is 2.18. The third kappa shape index (κ3) is 3.98. The number of carbonyl (C=O) groups excluding carboxylic acids is 2. The molecule has 0 amide bonds. The normalized spacial score (nSPS) is 21.4. The maximum atomic E-state index is 11.6. The lowest BCUT2D eigenvalue weighted by Crippen LogP contribution is -2.23. The van der Waals surface area contributed by atoms with Crippen LogP contribution in [0.15, 0.2) is 24.3 Å². The van der Waals surface area contributed by atoms with Crippen LogP contribution in [0.25, 0.3) is 0 Å². The molecule has 0 aromatic heterocycles. The van der Waals surface area contributed by atoms with Crippen LogP contribution in [-0.2, 0) is 19.1 Å². The molecule has 1 heterocycles. The molecule has 0 saturated carbocycles. The van der Waals surface area contributed by atoms with Crippen molar-refractivity contribution >= 4 is 11.9 Å². The van der Waals surface area contributed by atoms with Gasteiger partial charge in [-0.1, -0.05) is 17.7 Å². The second-order valence-corrected chi connectivity index (χ2v) is 4.87. The smallest absolute Gasteiger partial charge is 0.347 e. The van der Waals surface area contributed by atoms with Crippen molar-refractivity contribution < 1.29 is 23.8 Å². The Balaban J connectivity index is 1.70. The van der Waals surface area contributed by atoms with E-state index < -0.39 is 18.0 Å². The lowest BCUT2D eigenvalue weighted by atomic mass is 10.2. The van der Waals surface area contributed by atoms with Crippen LogP contribution < -0.4 is 4.74 Å². The molecule has 20 heavy (non-hydrogen) atoms. The first kappa shape index (κ1) is 14.4. The van der Waals surface area contributed by atoms with Gasteiger partial charge in [0.25, 0.3) is 0 Å². The molecule has 5 nitrogen and oxygen atoms in total. The van der Waals surface area contributed by atoms with Crippen LogP contribution in [0, 0.1) is 6.92 Å². The van der Waals surface area contributed by atoms with Crippen molar-refractivity contribution in [2.45, 2.75) is 38.9 Å². The van der Waals surface area contributed by atoms with Crippen molar-refractivity contribution in [3.8, 4) is 5.75 Å². The zero-order valence-corrected chi connectivity index (χ0v) is 11.6. The molecule has 1 aromatic carbocycles. The van der Waals surface area contributed by atoms with Gasteiger partial charge in [-0.25, -0.2) is 4.79 Å². The van der Waals surface area contributed by atoms with Crippen LogP contribution in [0.1, 0.15) is 25.3 Å². The van der Waals surface area contributed by atoms with Gasteiger partial charge in [-0.2, -0.15) is 0 Å². The van der Waals surface area contributed by atoms with E-state index in [9.17, 15) is 9.59 Å². The van der Waals surface area contributed by atoms with Gasteiger partial charge in [0, 0.05) is 6.42 Å². The Morgan fingerprint density at radius 1 is 1.35 bits per heavy atom. The van der Waals surface area contributed by atoms with Gasteiger partial charge in [-0.15, -0.1) is 0 Å². The Bertz CT molecular complexity index is 480. The third-order valence-corrected chi connectivity index (χ3v) is 3.00. The largest absolute Gasteiger partial charge is 0.493 e. The van der Waals surface area contributed by atoms with Crippen LogP contribution in [0.4, 0.5) is 0 Å². The first-order valence-electron chi connectivity index (χ1n) is 6.64. The fourth-order valence-corrected chi connectivity index (χ4v) is 1.92. The second kappa shape index (κ2) is 6.41. The molecule has 1 aliphatic rings. The molecule has 0 bridgehead atoms.